The molecule has 0 unspecified atom stereocenters. The van der Waals surface area contributed by atoms with E-state index in [1.165, 1.54) is 29.4 Å². The maximum Gasteiger partial charge on any atom is 0.225 e. The minimum absolute atomic E-state index is 0.0229. The molecule has 2 aliphatic heterocycles. The Hall–Kier alpha value is -3.25. The molecule has 5 rings (SSSR count). The van der Waals surface area contributed by atoms with Crippen molar-refractivity contribution in [2.75, 3.05) is 24.5 Å². The van der Waals surface area contributed by atoms with Gasteiger partial charge in [-0.25, -0.2) is 8.78 Å². The molecule has 0 aliphatic carbocycles. The van der Waals surface area contributed by atoms with Gasteiger partial charge in [0, 0.05) is 44.0 Å². The Morgan fingerprint density at radius 1 is 0.939 bits per heavy atom. The molecule has 33 heavy (non-hydrogen) atoms. The van der Waals surface area contributed by atoms with Crippen molar-refractivity contribution < 1.29 is 13.6 Å². The summed E-state index contributed by atoms with van der Waals surface area (Å²) in [5, 5.41) is 2.98. The number of anilines is 1. The number of carbonyl (C=O) groups is 1. The zero-order chi connectivity index (χ0) is 22.8. The van der Waals surface area contributed by atoms with Gasteiger partial charge in [-0.3, -0.25) is 9.69 Å². The number of hydrogen-bond donors (Lipinski definition) is 1. The van der Waals surface area contributed by atoms with Crippen molar-refractivity contribution in [3.05, 3.63) is 101 Å². The lowest BCUT2D eigenvalue weighted by molar-refractivity contribution is -0.126. The lowest BCUT2D eigenvalue weighted by Gasteiger charge is -2.49. The highest BCUT2D eigenvalue weighted by Crippen LogP contribution is 2.36. The smallest absolute Gasteiger partial charge is 0.225 e. The zero-order valence-corrected chi connectivity index (χ0v) is 18.4. The Morgan fingerprint density at radius 3 is 2.52 bits per heavy atom. The van der Waals surface area contributed by atoms with Gasteiger partial charge in [0.05, 0.1) is 12.0 Å². The van der Waals surface area contributed by atoms with Gasteiger partial charge >= 0.3 is 0 Å². The summed E-state index contributed by atoms with van der Waals surface area (Å²) in [5.41, 5.74) is 3.91. The van der Waals surface area contributed by atoms with Crippen molar-refractivity contribution in [2.24, 2.45) is 5.92 Å². The molecule has 1 N–H and O–H groups in total. The van der Waals surface area contributed by atoms with Gasteiger partial charge in [0.2, 0.25) is 5.91 Å². The first kappa shape index (κ1) is 21.6. The third-order valence-corrected chi connectivity index (χ3v) is 6.78. The van der Waals surface area contributed by atoms with Crippen LogP contribution in [0.5, 0.6) is 0 Å². The van der Waals surface area contributed by atoms with Crippen molar-refractivity contribution in [3.63, 3.8) is 0 Å². The third kappa shape index (κ3) is 4.62. The molecule has 6 heteroatoms. The van der Waals surface area contributed by atoms with Crippen LogP contribution in [-0.2, 0) is 24.3 Å². The van der Waals surface area contributed by atoms with Crippen LogP contribution in [0.3, 0.4) is 0 Å². The second-order valence-electron chi connectivity index (χ2n) is 8.87. The van der Waals surface area contributed by atoms with Crippen LogP contribution < -0.4 is 10.2 Å². The summed E-state index contributed by atoms with van der Waals surface area (Å²) in [4.78, 5) is 18.0. The van der Waals surface area contributed by atoms with Gasteiger partial charge in [-0.2, -0.15) is 0 Å². The first-order valence-electron chi connectivity index (χ1n) is 11.4. The number of nitrogens with zero attached hydrogens (tertiary/aromatic N) is 2. The van der Waals surface area contributed by atoms with Crippen LogP contribution >= 0.6 is 0 Å². The highest BCUT2D eigenvalue weighted by Gasteiger charge is 2.41. The number of fused-ring (bicyclic) bond motifs is 3. The van der Waals surface area contributed by atoms with Crippen LogP contribution in [-0.4, -0.2) is 36.5 Å². The summed E-state index contributed by atoms with van der Waals surface area (Å²) < 4.78 is 27.3. The van der Waals surface area contributed by atoms with E-state index in [9.17, 15) is 13.6 Å². The van der Waals surface area contributed by atoms with Gasteiger partial charge in [0.15, 0.2) is 0 Å². The summed E-state index contributed by atoms with van der Waals surface area (Å²) in [6.45, 7) is 3.32. The van der Waals surface area contributed by atoms with E-state index in [4.69, 9.17) is 0 Å². The molecule has 2 heterocycles. The molecule has 3 aromatic carbocycles. The molecule has 3 aromatic rings. The zero-order valence-electron chi connectivity index (χ0n) is 18.4. The molecule has 0 saturated carbocycles. The number of piperazine rings is 1. The molecule has 0 spiro atoms. The van der Waals surface area contributed by atoms with Crippen molar-refractivity contribution in [3.8, 4) is 0 Å². The number of halogens is 2. The Kier molecular flexibility index (Phi) is 6.09. The molecular weight excluding hydrogens is 420 g/mol. The third-order valence-electron chi connectivity index (χ3n) is 6.78. The van der Waals surface area contributed by atoms with Gasteiger partial charge in [0.1, 0.15) is 11.6 Å². The maximum atomic E-state index is 14.0. The molecule has 0 bridgehead atoms. The number of benzene rings is 3. The summed E-state index contributed by atoms with van der Waals surface area (Å²) in [7, 11) is 0. The van der Waals surface area contributed by atoms with Crippen LogP contribution in [0.2, 0.25) is 0 Å². The Labute approximate surface area is 192 Å². The first-order valence-corrected chi connectivity index (χ1v) is 11.4. The number of amides is 1. The van der Waals surface area contributed by atoms with Crippen molar-refractivity contribution in [2.45, 2.75) is 25.6 Å². The normalized spacial score (nSPS) is 20.1. The van der Waals surface area contributed by atoms with E-state index in [-0.39, 0.29) is 36.0 Å². The van der Waals surface area contributed by atoms with Gasteiger partial charge < -0.3 is 10.2 Å². The fourth-order valence-electron chi connectivity index (χ4n) is 5.06. The molecule has 170 valence electrons. The predicted molar refractivity (Wildman–Crippen MR) is 125 cm³/mol. The van der Waals surface area contributed by atoms with Crippen LogP contribution in [0, 0.1) is 17.6 Å². The van der Waals surface area contributed by atoms with Crippen molar-refractivity contribution in [1.29, 1.82) is 0 Å². The lowest BCUT2D eigenvalue weighted by Crippen LogP contribution is -2.60. The summed E-state index contributed by atoms with van der Waals surface area (Å²) in [5.74, 6) is -0.829. The van der Waals surface area contributed by atoms with Crippen LogP contribution in [0.4, 0.5) is 14.5 Å². The SMILES string of the molecule is O=C(NCc1ccccc1F)[C@H]1Cc2ccccc2N2CCN(Cc3ccc(F)cc3)C[C@H]12. The van der Waals surface area contributed by atoms with Gasteiger partial charge in [-0.15, -0.1) is 0 Å². The van der Waals surface area contributed by atoms with E-state index in [2.05, 4.69) is 27.2 Å². The van der Waals surface area contributed by atoms with Crippen LogP contribution in [0.25, 0.3) is 0 Å². The van der Waals surface area contributed by atoms with Gasteiger partial charge in [-0.05, 0) is 41.8 Å². The molecule has 4 nitrogen and oxygen atoms in total. The monoisotopic (exact) mass is 447 g/mol. The minimum Gasteiger partial charge on any atom is -0.365 e. The number of nitrogens with one attached hydrogen (secondary N) is 1. The average molecular weight is 448 g/mol. The highest BCUT2D eigenvalue weighted by molar-refractivity contribution is 5.82. The summed E-state index contributed by atoms with van der Waals surface area (Å²) >= 11 is 0. The molecule has 1 amide bonds. The Balaban J connectivity index is 1.35. The van der Waals surface area contributed by atoms with E-state index in [1.807, 2.05) is 24.3 Å². The second-order valence-corrected chi connectivity index (χ2v) is 8.87. The summed E-state index contributed by atoms with van der Waals surface area (Å²) in [6.07, 6.45) is 0.658. The van der Waals surface area contributed by atoms with Crippen molar-refractivity contribution in [1.82, 2.24) is 10.2 Å². The number of hydrogen-bond acceptors (Lipinski definition) is 3. The quantitative estimate of drug-likeness (QED) is 0.639. The molecule has 0 radical (unpaired) electrons. The number of carbonyl (C=O) groups excluding carboxylic acids is 1. The lowest BCUT2D eigenvalue weighted by atomic mass is 9.83. The predicted octanol–water partition coefficient (Wildman–Crippen LogP) is 4.14. The molecular formula is C27H27F2N3O. The number of para-hydroxylation sites is 1. The van der Waals surface area contributed by atoms with E-state index in [0.717, 1.165) is 31.7 Å². The molecule has 1 saturated heterocycles. The van der Waals surface area contributed by atoms with Crippen LogP contribution in [0.1, 0.15) is 16.7 Å². The van der Waals surface area contributed by atoms with Crippen LogP contribution in [0.15, 0.2) is 72.8 Å². The molecule has 2 atom stereocenters. The fourth-order valence-corrected chi connectivity index (χ4v) is 5.06. The summed E-state index contributed by atoms with van der Waals surface area (Å²) in [6, 6.07) is 21.4. The minimum atomic E-state index is -0.309. The fraction of sp³-hybridized carbons (Fsp3) is 0.296. The van der Waals surface area contributed by atoms with E-state index < -0.39 is 0 Å². The van der Waals surface area contributed by atoms with Gasteiger partial charge in [-0.1, -0.05) is 48.5 Å². The number of rotatable bonds is 5. The molecule has 1 fully saturated rings. The Bertz CT molecular complexity index is 1130. The molecule has 2 aliphatic rings. The van der Waals surface area contributed by atoms with Gasteiger partial charge in [0.25, 0.3) is 0 Å². The largest absolute Gasteiger partial charge is 0.365 e. The first-order chi connectivity index (χ1) is 16.1. The highest BCUT2D eigenvalue weighted by atomic mass is 19.1. The molecule has 0 aromatic heterocycles. The Morgan fingerprint density at radius 2 is 1.70 bits per heavy atom. The maximum absolute atomic E-state index is 14.0. The standard InChI is InChI=1S/C27H27F2N3O/c28-22-11-9-19(10-12-22)17-31-13-14-32-25-8-4-2-5-20(25)15-23(26(32)18-31)27(33)30-16-21-6-1-3-7-24(21)29/h1-12,23,26H,13-18H2,(H,30,33)/t23-,26+/m0/s1. The second kappa shape index (κ2) is 9.32. The van der Waals surface area contributed by atoms with E-state index in [1.54, 1.807) is 18.2 Å². The van der Waals surface area contributed by atoms with E-state index in [0.29, 0.717) is 12.0 Å². The van der Waals surface area contributed by atoms with Crippen molar-refractivity contribution >= 4 is 11.6 Å². The topological polar surface area (TPSA) is 35.6 Å². The van der Waals surface area contributed by atoms with E-state index >= 15 is 0 Å². The average Bonchev–Trinajstić information content (AvgIpc) is 2.84.